The Hall–Kier alpha value is -3.22. The number of nitrogens with two attached hydrogens (primary N) is 2. The summed E-state index contributed by atoms with van der Waals surface area (Å²) in [7, 11) is 0. The van der Waals surface area contributed by atoms with Crippen LogP contribution in [0.25, 0.3) is 0 Å². The van der Waals surface area contributed by atoms with Gasteiger partial charge >= 0.3 is 11.9 Å². The molecule has 0 aliphatic rings. The van der Waals surface area contributed by atoms with Crippen LogP contribution in [-0.4, -0.2) is 70.5 Å². The van der Waals surface area contributed by atoms with Gasteiger partial charge in [0.2, 0.25) is 23.6 Å². The van der Waals surface area contributed by atoms with Gasteiger partial charge in [-0.25, -0.2) is 0 Å². The summed E-state index contributed by atoms with van der Waals surface area (Å²) >= 11 is 0. The molecule has 9 N–H and O–H groups in total. The van der Waals surface area contributed by atoms with E-state index in [9.17, 15) is 28.8 Å². The highest BCUT2D eigenvalue weighted by atomic mass is 16.4. The Kier molecular flexibility index (Phi) is 10.0. The van der Waals surface area contributed by atoms with Gasteiger partial charge in [-0.2, -0.15) is 0 Å². The fourth-order valence-electron chi connectivity index (χ4n) is 1.76. The van der Waals surface area contributed by atoms with Crippen molar-refractivity contribution in [2.75, 3.05) is 6.54 Å². The van der Waals surface area contributed by atoms with Crippen LogP contribution in [0.2, 0.25) is 0 Å². The maximum atomic E-state index is 12.1. The van der Waals surface area contributed by atoms with Crippen molar-refractivity contribution in [1.82, 2.24) is 16.0 Å². The molecule has 3 unspecified atom stereocenters. The molecular weight excluding hydrogens is 366 g/mol. The van der Waals surface area contributed by atoms with Crippen LogP contribution in [0, 0.1) is 0 Å². The van der Waals surface area contributed by atoms with Gasteiger partial charge in [0, 0.05) is 6.42 Å². The molecule has 0 spiro atoms. The maximum absolute atomic E-state index is 12.1. The van der Waals surface area contributed by atoms with E-state index in [4.69, 9.17) is 21.7 Å². The Labute approximate surface area is 153 Å². The number of carbonyl (C=O) groups is 6. The van der Waals surface area contributed by atoms with Crippen molar-refractivity contribution in [3.63, 3.8) is 0 Å². The third kappa shape index (κ3) is 10.4. The van der Waals surface area contributed by atoms with E-state index in [2.05, 4.69) is 16.0 Å². The molecule has 3 atom stereocenters. The van der Waals surface area contributed by atoms with Crippen molar-refractivity contribution in [1.29, 1.82) is 0 Å². The first-order valence-electron chi connectivity index (χ1n) is 7.80. The van der Waals surface area contributed by atoms with Crippen molar-refractivity contribution >= 4 is 35.6 Å². The summed E-state index contributed by atoms with van der Waals surface area (Å²) in [4.78, 5) is 67.7. The van der Waals surface area contributed by atoms with Crippen molar-refractivity contribution < 1.29 is 39.0 Å². The van der Waals surface area contributed by atoms with Crippen LogP contribution in [0.5, 0.6) is 0 Å². The lowest BCUT2D eigenvalue weighted by Gasteiger charge is -2.20. The summed E-state index contributed by atoms with van der Waals surface area (Å²) in [6, 6.07) is -3.89. The number of hydrogen-bond donors (Lipinski definition) is 7. The van der Waals surface area contributed by atoms with E-state index < -0.39 is 66.7 Å². The molecule has 0 saturated heterocycles. The molecule has 0 fully saturated rings. The predicted molar refractivity (Wildman–Crippen MR) is 88.8 cm³/mol. The minimum absolute atomic E-state index is 0.208. The Morgan fingerprint density at radius 2 is 1.59 bits per heavy atom. The van der Waals surface area contributed by atoms with Gasteiger partial charge in [0.1, 0.15) is 12.1 Å². The second-order valence-corrected chi connectivity index (χ2v) is 5.62. The number of nitrogens with one attached hydrogen (secondary N) is 3. The first kappa shape index (κ1) is 23.8. The quantitative estimate of drug-likeness (QED) is 0.173. The van der Waals surface area contributed by atoms with Crippen molar-refractivity contribution in [2.24, 2.45) is 11.5 Å². The minimum atomic E-state index is -1.42. The van der Waals surface area contributed by atoms with Gasteiger partial charge in [0.15, 0.2) is 0 Å². The number of carboxylic acid groups (broad SMARTS) is 2. The molecular formula is C14H23N5O8. The van der Waals surface area contributed by atoms with E-state index in [1.807, 2.05) is 0 Å². The zero-order chi connectivity index (χ0) is 21.1. The lowest BCUT2D eigenvalue weighted by Crippen LogP contribution is -2.53. The third-order valence-electron chi connectivity index (χ3n) is 3.21. The summed E-state index contributed by atoms with van der Waals surface area (Å²) in [5.74, 6) is -5.92. The molecule has 13 heteroatoms. The van der Waals surface area contributed by atoms with Gasteiger partial charge in [-0.1, -0.05) is 0 Å². The fourth-order valence-corrected chi connectivity index (χ4v) is 1.76. The van der Waals surface area contributed by atoms with Gasteiger partial charge in [-0.15, -0.1) is 0 Å². The van der Waals surface area contributed by atoms with E-state index in [1.54, 1.807) is 0 Å². The number of rotatable bonds is 12. The van der Waals surface area contributed by atoms with E-state index in [0.717, 1.165) is 0 Å². The van der Waals surface area contributed by atoms with E-state index >= 15 is 0 Å². The maximum Gasteiger partial charge on any atom is 0.325 e. The topological polar surface area (TPSA) is 231 Å². The summed E-state index contributed by atoms with van der Waals surface area (Å²) in [6.45, 7) is 0.641. The summed E-state index contributed by atoms with van der Waals surface area (Å²) < 4.78 is 0. The first-order chi connectivity index (χ1) is 12.4. The van der Waals surface area contributed by atoms with Gasteiger partial charge in [0.05, 0.1) is 19.0 Å². The number of carbonyl (C=O) groups excluding carboxylic acids is 4. The molecule has 0 aliphatic heterocycles. The molecule has 0 radical (unpaired) electrons. The molecule has 0 aliphatic carbocycles. The number of aliphatic carboxylic acids is 2. The first-order valence-corrected chi connectivity index (χ1v) is 7.80. The highest BCUT2D eigenvalue weighted by Gasteiger charge is 2.26. The van der Waals surface area contributed by atoms with E-state index in [-0.39, 0.29) is 12.8 Å². The SMILES string of the molecule is CC(NC(=O)CNC(=O)C(CCC(N)=O)NC(=O)C(N)CC(=O)O)C(=O)O. The molecule has 0 heterocycles. The molecule has 0 aromatic heterocycles. The Balaban J connectivity index is 4.81. The van der Waals surface area contributed by atoms with Crippen molar-refractivity contribution in [2.45, 2.75) is 44.3 Å². The molecule has 0 rings (SSSR count). The van der Waals surface area contributed by atoms with Gasteiger partial charge in [-0.3, -0.25) is 28.8 Å². The predicted octanol–water partition coefficient (Wildman–Crippen LogP) is -3.76. The Bertz CT molecular complexity index is 608. The minimum Gasteiger partial charge on any atom is -0.481 e. The van der Waals surface area contributed by atoms with Crippen LogP contribution in [0.15, 0.2) is 0 Å². The molecule has 4 amide bonds. The molecule has 13 nitrogen and oxygen atoms in total. The molecule has 0 aromatic rings. The van der Waals surface area contributed by atoms with Crippen LogP contribution < -0.4 is 27.4 Å². The highest BCUT2D eigenvalue weighted by Crippen LogP contribution is 2.00. The lowest BCUT2D eigenvalue weighted by molar-refractivity contribution is -0.141. The van der Waals surface area contributed by atoms with Crippen LogP contribution in [0.1, 0.15) is 26.2 Å². The second kappa shape index (κ2) is 11.4. The summed E-state index contributed by atoms with van der Waals surface area (Å²) in [6.07, 6.45) is -1.15. The standard InChI is InChI=1S/C14H23N5O8/c1-6(14(26)27)18-10(21)5-17-13(25)8(2-3-9(16)20)19-12(24)7(15)4-11(22)23/h6-8H,2-5,15H2,1H3,(H2,16,20)(H,17,25)(H,18,21)(H,19,24)(H,22,23)(H,26,27). The average molecular weight is 389 g/mol. The number of hydrogen-bond acceptors (Lipinski definition) is 7. The summed E-state index contributed by atoms with van der Waals surface area (Å²) in [5, 5.41) is 23.8. The molecule has 0 aromatic carbocycles. The zero-order valence-corrected chi connectivity index (χ0v) is 14.6. The van der Waals surface area contributed by atoms with E-state index in [0.29, 0.717) is 0 Å². The van der Waals surface area contributed by atoms with Crippen molar-refractivity contribution in [3.05, 3.63) is 0 Å². The lowest BCUT2D eigenvalue weighted by atomic mass is 10.1. The number of carboxylic acids is 2. The summed E-state index contributed by atoms with van der Waals surface area (Å²) in [5.41, 5.74) is 10.4. The second-order valence-electron chi connectivity index (χ2n) is 5.62. The van der Waals surface area contributed by atoms with Gasteiger partial charge < -0.3 is 37.6 Å². The molecule has 0 saturated carbocycles. The smallest absolute Gasteiger partial charge is 0.325 e. The molecule has 27 heavy (non-hydrogen) atoms. The normalized spacial score (nSPS) is 13.6. The monoisotopic (exact) mass is 389 g/mol. The van der Waals surface area contributed by atoms with E-state index in [1.165, 1.54) is 6.92 Å². The molecule has 0 bridgehead atoms. The van der Waals surface area contributed by atoms with Gasteiger partial charge in [0.25, 0.3) is 0 Å². The highest BCUT2D eigenvalue weighted by molar-refractivity contribution is 5.93. The third-order valence-corrected chi connectivity index (χ3v) is 3.21. The average Bonchev–Trinajstić information content (AvgIpc) is 2.55. The van der Waals surface area contributed by atoms with Crippen LogP contribution in [0.3, 0.4) is 0 Å². The van der Waals surface area contributed by atoms with Gasteiger partial charge in [-0.05, 0) is 13.3 Å². The van der Waals surface area contributed by atoms with Crippen LogP contribution >= 0.6 is 0 Å². The largest absolute Gasteiger partial charge is 0.481 e. The van der Waals surface area contributed by atoms with Crippen molar-refractivity contribution in [3.8, 4) is 0 Å². The Morgan fingerprint density at radius 1 is 1.00 bits per heavy atom. The molecule has 152 valence electrons. The fraction of sp³-hybridized carbons (Fsp3) is 0.571. The van der Waals surface area contributed by atoms with Crippen LogP contribution in [0.4, 0.5) is 0 Å². The van der Waals surface area contributed by atoms with Crippen LogP contribution in [-0.2, 0) is 28.8 Å². The number of amides is 4. The zero-order valence-electron chi connectivity index (χ0n) is 14.6. The Morgan fingerprint density at radius 3 is 2.07 bits per heavy atom. The number of primary amides is 1.